The topological polar surface area (TPSA) is 299 Å². The smallest absolute Gasteiger partial charge is 0.490 e. The zero-order valence-electron chi connectivity index (χ0n) is 35.5. The molecule has 6 aromatic rings. The van der Waals surface area contributed by atoms with Gasteiger partial charge in [-0.1, -0.05) is 0 Å². The number of carbonyl (C=O) groups is 6. The number of nitrogens with one attached hydrogen (secondary N) is 2. The summed E-state index contributed by atoms with van der Waals surface area (Å²) in [7, 11) is 1.48. The first-order chi connectivity index (χ1) is 30.8. The number of hydrogen-bond donors (Lipinski definition) is 6. The van der Waals surface area contributed by atoms with Gasteiger partial charge in [0.15, 0.2) is 0 Å². The fourth-order valence-electron chi connectivity index (χ4n) is 6.26. The zero-order chi connectivity index (χ0) is 49.4. The SMILES string of the molecule is CCn1nc(C)cc1C(=O)Nc1nc2cc(C(N)=O)ccc2n1CCCCn1c(NC(=O)c2cc(C)nn2CC)nc2cc(C(N)=O)cc(OC)c21.O=C(O)C(F)(F)F.O=C(O)C(F)(F)F. The van der Waals surface area contributed by atoms with E-state index in [4.69, 9.17) is 36.0 Å². The number of carboxylic acid groups (broad SMARTS) is 2. The van der Waals surface area contributed by atoms with Crippen molar-refractivity contribution in [3.63, 3.8) is 0 Å². The zero-order valence-corrected chi connectivity index (χ0v) is 35.5. The molecule has 0 spiro atoms. The van der Waals surface area contributed by atoms with E-state index in [0.717, 1.165) is 0 Å². The summed E-state index contributed by atoms with van der Waals surface area (Å²) in [6, 6.07) is 11.5. The first-order valence-electron chi connectivity index (χ1n) is 19.3. The molecule has 0 fully saturated rings. The molecule has 66 heavy (non-hydrogen) atoms. The van der Waals surface area contributed by atoms with Gasteiger partial charge in [0.05, 0.1) is 35.0 Å². The molecule has 354 valence electrons. The Kier molecular flexibility index (Phi) is 15.9. The summed E-state index contributed by atoms with van der Waals surface area (Å²) in [5.41, 5.74) is 16.0. The van der Waals surface area contributed by atoms with E-state index < -0.39 is 42.0 Å². The van der Waals surface area contributed by atoms with E-state index >= 15 is 0 Å². The number of halogens is 6. The molecule has 27 heteroatoms. The van der Waals surface area contributed by atoms with E-state index in [1.807, 2.05) is 36.8 Å². The summed E-state index contributed by atoms with van der Waals surface area (Å²) in [6.45, 7) is 9.25. The first kappa shape index (κ1) is 50.6. The molecule has 2 aromatic carbocycles. The predicted molar refractivity (Wildman–Crippen MR) is 221 cm³/mol. The van der Waals surface area contributed by atoms with Gasteiger partial charge in [0.25, 0.3) is 11.8 Å². The third kappa shape index (κ3) is 12.2. The van der Waals surface area contributed by atoms with Crippen molar-refractivity contribution in [3.8, 4) is 5.75 Å². The van der Waals surface area contributed by atoms with E-state index in [9.17, 15) is 45.5 Å². The number of rotatable bonds is 14. The summed E-state index contributed by atoms with van der Waals surface area (Å²) in [6.07, 6.45) is -9.00. The molecule has 0 aliphatic rings. The van der Waals surface area contributed by atoms with Crippen molar-refractivity contribution in [2.75, 3.05) is 17.7 Å². The molecule has 0 bridgehead atoms. The molecular weight excluding hydrogens is 894 g/mol. The Morgan fingerprint density at radius 2 is 1.09 bits per heavy atom. The van der Waals surface area contributed by atoms with Gasteiger partial charge in [-0.3, -0.25) is 39.2 Å². The quantitative estimate of drug-likeness (QED) is 0.0627. The van der Waals surface area contributed by atoms with Crippen molar-refractivity contribution in [2.24, 2.45) is 11.5 Å². The lowest BCUT2D eigenvalue weighted by Crippen LogP contribution is -2.21. The number of alkyl halides is 6. The number of fused-ring (bicyclic) bond motifs is 2. The van der Waals surface area contributed by atoms with Crippen LogP contribution in [-0.2, 0) is 35.8 Å². The number of imidazole rings is 2. The van der Waals surface area contributed by atoms with E-state index in [1.54, 1.807) is 51.8 Å². The molecule has 0 radical (unpaired) electrons. The number of nitrogens with zero attached hydrogens (tertiary/aromatic N) is 8. The normalized spacial score (nSPS) is 11.3. The number of carboxylic acids is 2. The molecule has 0 atom stereocenters. The van der Waals surface area contributed by atoms with Crippen molar-refractivity contribution in [2.45, 2.75) is 79.1 Å². The van der Waals surface area contributed by atoms with E-state index in [-0.39, 0.29) is 17.4 Å². The number of hydrogen-bond acceptors (Lipinski definition) is 11. The molecule has 0 aliphatic carbocycles. The van der Waals surface area contributed by atoms with E-state index in [1.165, 1.54) is 7.11 Å². The third-order valence-corrected chi connectivity index (χ3v) is 9.16. The molecular formula is C39H42F6N12O9. The molecule has 4 amide bonds. The fraction of sp³-hybridized carbons (Fsp3) is 0.333. The highest BCUT2D eigenvalue weighted by molar-refractivity contribution is 6.05. The van der Waals surface area contributed by atoms with Crippen LogP contribution in [0.3, 0.4) is 0 Å². The van der Waals surface area contributed by atoms with Crippen molar-refractivity contribution >= 4 is 69.5 Å². The van der Waals surface area contributed by atoms with Crippen LogP contribution in [0.5, 0.6) is 5.75 Å². The number of aryl methyl sites for hydroxylation is 6. The standard InChI is InChI=1S/C35H40N12O5.2C2HF3O2/c1-6-46-26(14-19(3)42-46)32(50)40-34-38-23-16-21(30(36)48)10-11-25(23)44(34)12-8-9-13-45-29-24(17-22(31(37)49)18-28(29)52-5)39-35(45)41-33(51)27-15-20(4)43-47(27)7-2;2*3-2(4,5)1(6)7/h10-11,14-18H,6-9,12-13H2,1-5H3,(H2,36,48)(H2,37,49)(H,38,40,50)(H,39,41,51);2*(H,6,7). The number of nitrogens with two attached hydrogens (primary N) is 2. The highest BCUT2D eigenvalue weighted by Crippen LogP contribution is 2.32. The lowest BCUT2D eigenvalue weighted by atomic mass is 10.1. The minimum atomic E-state index is -5.08. The average Bonchev–Trinajstić information content (AvgIpc) is 4.00. The Morgan fingerprint density at radius 1 is 0.667 bits per heavy atom. The molecule has 8 N–H and O–H groups in total. The van der Waals surface area contributed by atoms with Gasteiger partial charge in [0.2, 0.25) is 23.7 Å². The number of carbonyl (C=O) groups excluding carboxylic acids is 4. The number of unbranched alkanes of at least 4 members (excludes halogenated alkanes) is 1. The average molecular weight is 937 g/mol. The lowest BCUT2D eigenvalue weighted by Gasteiger charge is -2.14. The van der Waals surface area contributed by atoms with Gasteiger partial charge >= 0.3 is 24.3 Å². The van der Waals surface area contributed by atoms with Crippen molar-refractivity contribution in [1.29, 1.82) is 0 Å². The Balaban J connectivity index is 0.000000590. The van der Waals surface area contributed by atoms with Crippen LogP contribution in [0.15, 0.2) is 42.5 Å². The molecule has 21 nitrogen and oxygen atoms in total. The number of primary amides is 2. The summed E-state index contributed by atoms with van der Waals surface area (Å²) in [5.74, 6) is -6.60. The number of aromatic nitrogens is 8. The van der Waals surface area contributed by atoms with Crippen LogP contribution in [0, 0.1) is 13.8 Å². The molecule has 0 unspecified atom stereocenters. The van der Waals surface area contributed by atoms with Gasteiger partial charge < -0.3 is 35.6 Å². The number of ether oxygens (including phenoxy) is 1. The number of benzene rings is 2. The van der Waals surface area contributed by atoms with Gasteiger partial charge in [-0.05, 0) is 83.0 Å². The number of methoxy groups -OCH3 is 1. The van der Waals surface area contributed by atoms with Crippen LogP contribution in [0.2, 0.25) is 0 Å². The number of aliphatic carboxylic acids is 2. The molecule has 0 saturated carbocycles. The molecule has 4 aromatic heterocycles. The van der Waals surface area contributed by atoms with Crippen molar-refractivity contribution in [3.05, 3.63) is 76.4 Å². The van der Waals surface area contributed by atoms with Gasteiger partial charge in [0, 0.05) is 37.3 Å². The summed E-state index contributed by atoms with van der Waals surface area (Å²) >= 11 is 0. The molecule has 0 saturated heterocycles. The Hall–Kier alpha value is -8.00. The van der Waals surface area contributed by atoms with Gasteiger partial charge in [-0.2, -0.15) is 36.5 Å². The minimum absolute atomic E-state index is 0.213. The second kappa shape index (κ2) is 20.7. The summed E-state index contributed by atoms with van der Waals surface area (Å²) < 4.78 is 76.1. The first-order valence-corrected chi connectivity index (χ1v) is 19.3. The highest BCUT2D eigenvalue weighted by Gasteiger charge is 2.39. The Morgan fingerprint density at radius 3 is 1.52 bits per heavy atom. The van der Waals surface area contributed by atoms with E-state index in [0.29, 0.717) is 101 Å². The van der Waals surface area contributed by atoms with Crippen molar-refractivity contribution < 1.29 is 70.1 Å². The summed E-state index contributed by atoms with van der Waals surface area (Å²) in [5, 5.41) is 28.9. The predicted octanol–water partition coefficient (Wildman–Crippen LogP) is 4.89. The Labute approximate surface area is 368 Å². The largest absolute Gasteiger partial charge is 0.494 e. The molecule has 4 heterocycles. The second-order valence-corrected chi connectivity index (χ2v) is 13.8. The van der Waals surface area contributed by atoms with Gasteiger partial charge in [0.1, 0.15) is 22.7 Å². The second-order valence-electron chi connectivity index (χ2n) is 13.8. The van der Waals surface area contributed by atoms with Crippen molar-refractivity contribution in [1.82, 2.24) is 38.7 Å². The van der Waals surface area contributed by atoms with Crippen LogP contribution in [0.1, 0.15) is 79.8 Å². The minimum Gasteiger partial charge on any atom is -0.494 e. The maximum atomic E-state index is 13.5. The van der Waals surface area contributed by atoms with Crippen LogP contribution in [0.4, 0.5) is 38.2 Å². The van der Waals surface area contributed by atoms with E-state index in [2.05, 4.69) is 30.8 Å². The van der Waals surface area contributed by atoms with Crippen LogP contribution in [-0.4, -0.2) is 104 Å². The van der Waals surface area contributed by atoms with Crippen LogP contribution < -0.4 is 26.8 Å². The van der Waals surface area contributed by atoms with Gasteiger partial charge in [-0.15, -0.1) is 0 Å². The summed E-state index contributed by atoms with van der Waals surface area (Å²) in [4.78, 5) is 78.1. The number of anilines is 2. The Bertz CT molecular complexity index is 2780. The maximum Gasteiger partial charge on any atom is 0.490 e. The third-order valence-electron chi connectivity index (χ3n) is 9.16. The fourth-order valence-corrected chi connectivity index (χ4v) is 6.26. The monoisotopic (exact) mass is 936 g/mol. The maximum absolute atomic E-state index is 13.5. The van der Waals surface area contributed by atoms with Crippen LogP contribution in [0.25, 0.3) is 22.1 Å². The van der Waals surface area contributed by atoms with Crippen LogP contribution >= 0.6 is 0 Å². The lowest BCUT2D eigenvalue weighted by molar-refractivity contribution is -0.193. The molecule has 6 rings (SSSR count). The number of amides is 4. The molecule has 0 aliphatic heterocycles. The van der Waals surface area contributed by atoms with Gasteiger partial charge in [-0.25, -0.2) is 19.6 Å². The highest BCUT2D eigenvalue weighted by atomic mass is 19.4.